The van der Waals surface area contributed by atoms with Crippen molar-refractivity contribution in [2.75, 3.05) is 56.0 Å². The lowest BCUT2D eigenvalue weighted by Crippen LogP contribution is -2.71. The number of fused-ring (bicyclic) bond motifs is 8. The van der Waals surface area contributed by atoms with Gasteiger partial charge >= 0.3 is 0 Å². The van der Waals surface area contributed by atoms with Crippen LogP contribution in [-0.2, 0) is 20.9 Å². The Balaban J connectivity index is 1.11. The first kappa shape index (κ1) is 36.1. The van der Waals surface area contributed by atoms with Gasteiger partial charge in [0.05, 0.1) is 47.0 Å². The number of amides is 2. The van der Waals surface area contributed by atoms with E-state index >= 15 is 8.78 Å². The molecule has 6 bridgehead atoms. The molecule has 8 heterocycles. The number of halogens is 3. The minimum atomic E-state index is -0.836. The van der Waals surface area contributed by atoms with Gasteiger partial charge in [-0.3, -0.25) is 9.59 Å². The molecular weight excluding hydrogens is 754 g/mol. The Labute approximate surface area is 330 Å². The molecule has 5 atom stereocenters. The number of aryl methyl sites for hydroxylation is 1. The summed E-state index contributed by atoms with van der Waals surface area (Å²) in [7, 11) is 5.09. The van der Waals surface area contributed by atoms with Crippen LogP contribution in [0.2, 0.25) is 0 Å². The molecule has 1 N–H and O–H groups in total. The second-order valence-electron chi connectivity index (χ2n) is 15.6. The van der Waals surface area contributed by atoms with E-state index in [0.717, 1.165) is 12.1 Å². The monoisotopic (exact) mass is 792 g/mol. The van der Waals surface area contributed by atoms with Crippen molar-refractivity contribution in [2.45, 2.75) is 56.6 Å². The van der Waals surface area contributed by atoms with Crippen molar-refractivity contribution >= 4 is 51.5 Å². The van der Waals surface area contributed by atoms with Crippen molar-refractivity contribution in [3.63, 3.8) is 0 Å². The number of piperidine rings is 1. The van der Waals surface area contributed by atoms with Gasteiger partial charge in [0, 0.05) is 64.6 Å². The standard InChI is InChI=1S/C40H39F3N12O3/c1-20-45-30-12-22(42)10-26-29-6-5-7-34(47-29)46-23-13-32(38(56)51(3)18-25(58-4)19-52(20)35(26)30)53(16-23)36-27-15-44-55(31-9-8-21(41)11-28(31)43)37(27)49-40(48-36)54-24-14-33(54)39(57)50(2)17-24/h5-12,15,23-25,32-33H,13-14,16-19H2,1-4H3,(H,46,47)/t23-,24-,25-,32-,33+/m0/s1. The van der Waals surface area contributed by atoms with Crippen molar-refractivity contribution < 1.29 is 27.5 Å². The zero-order valence-corrected chi connectivity index (χ0v) is 32.1. The topological polar surface area (TPSA) is 143 Å². The number of anilines is 3. The van der Waals surface area contributed by atoms with Gasteiger partial charge in [0.1, 0.15) is 46.9 Å². The normalized spacial score (nSPS) is 23.3. The van der Waals surface area contributed by atoms with Gasteiger partial charge in [-0.25, -0.2) is 27.8 Å². The number of hydrogen-bond acceptors (Lipinski definition) is 11. The number of hydrogen-bond donors (Lipinski definition) is 1. The molecule has 298 valence electrons. The molecule has 4 aliphatic heterocycles. The lowest BCUT2D eigenvalue weighted by atomic mass is 9.87. The molecule has 2 amide bonds. The third-order valence-electron chi connectivity index (χ3n) is 11.9. The van der Waals surface area contributed by atoms with Crippen LogP contribution in [-0.4, -0.2) is 127 Å². The van der Waals surface area contributed by atoms with E-state index in [1.807, 2.05) is 39.5 Å². The average molecular weight is 793 g/mol. The second-order valence-corrected chi connectivity index (χ2v) is 15.6. The Morgan fingerprint density at radius 2 is 1.66 bits per heavy atom. The fourth-order valence-corrected chi connectivity index (χ4v) is 9.10. The Hall–Kier alpha value is -6.30. The minimum absolute atomic E-state index is 0.0233. The van der Waals surface area contributed by atoms with Gasteiger partial charge in [0.2, 0.25) is 17.8 Å². The molecule has 3 saturated heterocycles. The zero-order valence-electron chi connectivity index (χ0n) is 32.1. The van der Waals surface area contributed by atoms with E-state index in [0.29, 0.717) is 71.1 Å². The Kier molecular flexibility index (Phi) is 8.33. The van der Waals surface area contributed by atoms with E-state index in [1.54, 1.807) is 31.0 Å². The fourth-order valence-electron chi connectivity index (χ4n) is 9.10. The van der Waals surface area contributed by atoms with E-state index in [-0.39, 0.29) is 54.3 Å². The van der Waals surface area contributed by atoms with E-state index in [2.05, 4.69) is 15.4 Å². The van der Waals surface area contributed by atoms with Crippen molar-refractivity contribution in [1.82, 2.24) is 44.1 Å². The number of benzene rings is 2. The van der Waals surface area contributed by atoms with Crippen molar-refractivity contribution in [3.05, 3.63) is 78.0 Å². The molecule has 0 unspecified atom stereocenters. The molecular formula is C40H39F3N12O3. The van der Waals surface area contributed by atoms with Gasteiger partial charge in [-0.2, -0.15) is 15.1 Å². The molecule has 0 saturated carbocycles. The Bertz CT molecular complexity index is 2670. The highest BCUT2D eigenvalue weighted by molar-refractivity contribution is 5.95. The molecule has 2 aromatic carbocycles. The van der Waals surface area contributed by atoms with Gasteiger partial charge in [-0.05, 0) is 50.1 Å². The number of nitrogens with zero attached hydrogens (tertiary/aromatic N) is 11. The van der Waals surface area contributed by atoms with Crippen LogP contribution in [0, 0.1) is 24.4 Å². The predicted octanol–water partition coefficient (Wildman–Crippen LogP) is 3.92. The average Bonchev–Trinajstić information content (AvgIpc) is 3.89. The summed E-state index contributed by atoms with van der Waals surface area (Å²) in [5.41, 5.74) is 2.53. The fraction of sp³-hybridized carbons (Fsp3) is 0.375. The SMILES string of the molecule is CO[C@H]1CN(C)C(=O)[C@@H]2C[C@@H](CN2c2nc(N3[C@H]4C[C@@H]3C(=O)N(C)C4)nc3c2cnn3-c2ccc(F)cc2F)Nc2cccc(n2)-c2cc(F)cc3nc(C)n(c23)C1. The van der Waals surface area contributed by atoms with Crippen LogP contribution in [0.1, 0.15) is 18.7 Å². The highest BCUT2D eigenvalue weighted by atomic mass is 19.1. The lowest BCUT2D eigenvalue weighted by molar-refractivity contribution is -0.138. The van der Waals surface area contributed by atoms with Gasteiger partial charge in [-0.15, -0.1) is 0 Å². The summed E-state index contributed by atoms with van der Waals surface area (Å²) in [5, 5.41) is 8.48. The number of methoxy groups -OCH3 is 1. The van der Waals surface area contributed by atoms with Crippen LogP contribution in [0.4, 0.5) is 30.8 Å². The molecule has 6 aromatic rings. The van der Waals surface area contributed by atoms with Crippen molar-refractivity contribution in [2.24, 2.45) is 0 Å². The number of piperazine rings is 1. The first-order valence-electron chi connectivity index (χ1n) is 19.1. The Morgan fingerprint density at radius 1 is 0.845 bits per heavy atom. The van der Waals surface area contributed by atoms with Crippen LogP contribution >= 0.6 is 0 Å². The van der Waals surface area contributed by atoms with Crippen molar-refractivity contribution in [1.29, 1.82) is 0 Å². The highest BCUT2D eigenvalue weighted by Crippen LogP contribution is 2.40. The third kappa shape index (κ3) is 5.71. The van der Waals surface area contributed by atoms with Gasteiger partial charge in [-0.1, -0.05) is 6.07 Å². The minimum Gasteiger partial charge on any atom is -0.378 e. The molecule has 0 spiro atoms. The maximum atomic E-state index is 15.4. The van der Waals surface area contributed by atoms with Gasteiger partial charge in [0.25, 0.3) is 0 Å². The number of likely N-dealkylation sites (tertiary alicyclic amines) is 1. The largest absolute Gasteiger partial charge is 0.378 e. The molecule has 4 aromatic heterocycles. The van der Waals surface area contributed by atoms with Crippen LogP contribution in [0.15, 0.2) is 54.7 Å². The molecule has 58 heavy (non-hydrogen) atoms. The number of nitrogens with one attached hydrogen (secondary N) is 1. The number of pyridine rings is 1. The zero-order chi connectivity index (χ0) is 40.1. The number of ether oxygens (including phenoxy) is 1. The molecule has 0 radical (unpaired) electrons. The summed E-state index contributed by atoms with van der Waals surface area (Å²) in [6.45, 7) is 3.16. The van der Waals surface area contributed by atoms with E-state index < -0.39 is 35.6 Å². The molecule has 15 nitrogen and oxygen atoms in total. The van der Waals surface area contributed by atoms with Gasteiger partial charge < -0.3 is 34.2 Å². The number of imidazole rings is 1. The highest BCUT2D eigenvalue weighted by Gasteiger charge is 2.51. The molecule has 3 fully saturated rings. The summed E-state index contributed by atoms with van der Waals surface area (Å²) in [6.07, 6.45) is 2.03. The summed E-state index contributed by atoms with van der Waals surface area (Å²) in [6, 6.07) is 9.98. The van der Waals surface area contributed by atoms with Crippen LogP contribution in [0.25, 0.3) is 39.0 Å². The first-order chi connectivity index (χ1) is 27.9. The van der Waals surface area contributed by atoms with Gasteiger partial charge in [0.15, 0.2) is 11.5 Å². The lowest BCUT2D eigenvalue weighted by Gasteiger charge is -2.54. The summed E-state index contributed by atoms with van der Waals surface area (Å²) in [4.78, 5) is 54.7. The maximum Gasteiger partial charge on any atom is 0.245 e. The number of carbonyl (C=O) groups is 2. The Morgan fingerprint density at radius 3 is 2.45 bits per heavy atom. The van der Waals surface area contributed by atoms with Crippen LogP contribution in [0.5, 0.6) is 0 Å². The maximum absolute atomic E-state index is 15.4. The number of likely N-dealkylation sites (N-methyl/N-ethyl adjacent to an activating group) is 2. The van der Waals surface area contributed by atoms with E-state index in [1.165, 1.54) is 29.1 Å². The molecule has 10 rings (SSSR count). The van der Waals surface area contributed by atoms with Crippen LogP contribution in [0.3, 0.4) is 0 Å². The van der Waals surface area contributed by atoms with E-state index in [4.69, 9.17) is 19.7 Å². The number of aromatic nitrogens is 7. The van der Waals surface area contributed by atoms with Crippen molar-refractivity contribution in [3.8, 4) is 16.9 Å². The number of carbonyl (C=O) groups excluding carboxylic acids is 2. The van der Waals surface area contributed by atoms with E-state index in [9.17, 15) is 14.0 Å². The molecule has 0 aliphatic carbocycles. The number of rotatable bonds is 4. The predicted molar refractivity (Wildman–Crippen MR) is 208 cm³/mol. The third-order valence-corrected chi connectivity index (χ3v) is 11.9. The summed E-state index contributed by atoms with van der Waals surface area (Å²) < 4.78 is 53.8. The van der Waals surface area contributed by atoms with Crippen LogP contribution < -0.4 is 15.1 Å². The first-order valence-corrected chi connectivity index (χ1v) is 19.1. The second kappa shape index (κ2) is 13.4. The molecule has 18 heteroatoms. The smallest absolute Gasteiger partial charge is 0.245 e. The quantitative estimate of drug-likeness (QED) is 0.278. The summed E-state index contributed by atoms with van der Waals surface area (Å²) >= 11 is 0. The molecule has 4 aliphatic rings. The summed E-state index contributed by atoms with van der Waals surface area (Å²) in [5.74, 6) is -0.457.